The molecule has 0 atom stereocenters. The Labute approximate surface area is 206 Å². The van der Waals surface area contributed by atoms with Crippen molar-refractivity contribution in [2.45, 2.75) is 24.9 Å². The predicted molar refractivity (Wildman–Crippen MR) is 136 cm³/mol. The molecule has 0 aliphatic carbocycles. The third-order valence-electron chi connectivity index (χ3n) is 5.43. The van der Waals surface area contributed by atoms with Gasteiger partial charge in [-0.3, -0.25) is 4.57 Å². The molecule has 0 spiro atoms. The summed E-state index contributed by atoms with van der Waals surface area (Å²) in [7, 11) is 10.7. The van der Waals surface area contributed by atoms with Crippen LogP contribution in [-0.2, 0) is 0 Å². The summed E-state index contributed by atoms with van der Waals surface area (Å²) in [5, 5.41) is 9.97. The summed E-state index contributed by atoms with van der Waals surface area (Å²) in [5.74, 6) is 4.27. The third-order valence-corrected chi connectivity index (χ3v) is 6.34. The van der Waals surface area contributed by atoms with Gasteiger partial charge in [0.25, 0.3) is 0 Å². The average Bonchev–Trinajstić information content (AvgIpc) is 3.25. The molecule has 9 heteroatoms. The van der Waals surface area contributed by atoms with E-state index < -0.39 is 0 Å². The Morgan fingerprint density at radius 1 is 0.882 bits per heavy atom. The minimum atomic E-state index is 0.194. The van der Waals surface area contributed by atoms with Gasteiger partial charge in [0.2, 0.25) is 5.75 Å². The Hall–Kier alpha value is -2.91. The predicted octanol–water partition coefficient (Wildman–Crippen LogP) is 4.75. The molecule has 1 aromatic heterocycles. The van der Waals surface area contributed by atoms with Gasteiger partial charge >= 0.3 is 0 Å². The first-order valence-electron chi connectivity index (χ1n) is 11.1. The number of ether oxygens (including phenoxy) is 4. The summed E-state index contributed by atoms with van der Waals surface area (Å²) in [6.07, 6.45) is 0. The van der Waals surface area contributed by atoms with Crippen LogP contribution < -0.4 is 18.9 Å². The van der Waals surface area contributed by atoms with Gasteiger partial charge in [-0.15, -0.1) is 10.2 Å². The fourth-order valence-electron chi connectivity index (χ4n) is 3.66. The quantitative estimate of drug-likeness (QED) is 0.360. The zero-order valence-corrected chi connectivity index (χ0v) is 22.0. The molecule has 184 valence electrons. The molecule has 0 aliphatic rings. The summed E-state index contributed by atoms with van der Waals surface area (Å²) in [4.78, 5) is 2.15. The molecule has 0 radical (unpaired) electrons. The Kier molecular flexibility index (Phi) is 8.68. The van der Waals surface area contributed by atoms with Crippen LogP contribution in [0.3, 0.4) is 0 Å². The Morgan fingerprint density at radius 3 is 2.06 bits per heavy atom. The third kappa shape index (κ3) is 5.26. The SMILES string of the molecule is COc1ccc(-n2c(SCCN(C)C)nnc2-c2cc(C(C)C)c(OC)c(OC)c2OC)cc1. The highest BCUT2D eigenvalue weighted by Crippen LogP contribution is 2.49. The number of nitrogens with zero attached hydrogens (tertiary/aromatic N) is 4. The number of hydrogen-bond donors (Lipinski definition) is 0. The van der Waals surface area contributed by atoms with E-state index >= 15 is 0 Å². The van der Waals surface area contributed by atoms with Crippen molar-refractivity contribution >= 4 is 11.8 Å². The van der Waals surface area contributed by atoms with Gasteiger partial charge in [-0.1, -0.05) is 25.6 Å². The van der Waals surface area contributed by atoms with Gasteiger partial charge < -0.3 is 23.8 Å². The molecule has 0 amide bonds. The van der Waals surface area contributed by atoms with Crippen LogP contribution in [0.1, 0.15) is 25.3 Å². The lowest BCUT2D eigenvalue weighted by Crippen LogP contribution is -2.15. The first-order chi connectivity index (χ1) is 16.4. The van der Waals surface area contributed by atoms with E-state index in [0.29, 0.717) is 23.1 Å². The summed E-state index contributed by atoms with van der Waals surface area (Å²) in [6, 6.07) is 9.91. The second kappa shape index (κ2) is 11.5. The Balaban J connectivity index is 2.26. The first kappa shape index (κ1) is 25.7. The smallest absolute Gasteiger partial charge is 0.204 e. The highest BCUT2D eigenvalue weighted by molar-refractivity contribution is 7.99. The van der Waals surface area contributed by atoms with Gasteiger partial charge in [-0.05, 0) is 50.3 Å². The molecule has 0 N–H and O–H groups in total. The fourth-order valence-corrected chi connectivity index (χ4v) is 4.72. The van der Waals surface area contributed by atoms with E-state index in [4.69, 9.17) is 18.9 Å². The average molecular weight is 487 g/mol. The first-order valence-corrected chi connectivity index (χ1v) is 12.0. The second-order valence-electron chi connectivity index (χ2n) is 8.26. The minimum Gasteiger partial charge on any atom is -0.497 e. The van der Waals surface area contributed by atoms with E-state index in [1.54, 1.807) is 40.2 Å². The molecular weight excluding hydrogens is 452 g/mol. The van der Waals surface area contributed by atoms with Crippen molar-refractivity contribution in [3.05, 3.63) is 35.9 Å². The van der Waals surface area contributed by atoms with Crippen molar-refractivity contribution < 1.29 is 18.9 Å². The van der Waals surface area contributed by atoms with Crippen molar-refractivity contribution in [2.75, 3.05) is 54.8 Å². The highest BCUT2D eigenvalue weighted by Gasteiger charge is 2.27. The molecule has 3 aromatic rings. The van der Waals surface area contributed by atoms with Crippen LogP contribution >= 0.6 is 11.8 Å². The standard InChI is InChI=1S/C25H34N4O4S/c1-16(2)19-15-20(22(32-7)23(33-8)21(19)31-6)24-26-27-25(34-14-13-28(3)4)29(24)17-9-11-18(30-5)12-10-17/h9-12,15-16H,13-14H2,1-8H3. The maximum Gasteiger partial charge on any atom is 0.204 e. The van der Waals surface area contributed by atoms with Crippen molar-refractivity contribution in [2.24, 2.45) is 0 Å². The van der Waals surface area contributed by atoms with Gasteiger partial charge in [0.05, 0.1) is 39.7 Å². The molecule has 2 aromatic carbocycles. The molecule has 0 bridgehead atoms. The van der Waals surface area contributed by atoms with Gasteiger partial charge in [0.1, 0.15) is 5.75 Å². The monoisotopic (exact) mass is 486 g/mol. The summed E-state index contributed by atoms with van der Waals surface area (Å²) < 4.78 is 24.7. The minimum absolute atomic E-state index is 0.194. The molecule has 8 nitrogen and oxygen atoms in total. The lowest BCUT2D eigenvalue weighted by molar-refractivity contribution is 0.322. The summed E-state index contributed by atoms with van der Waals surface area (Å²) in [5.41, 5.74) is 2.71. The highest BCUT2D eigenvalue weighted by atomic mass is 32.2. The van der Waals surface area contributed by atoms with E-state index in [0.717, 1.165) is 40.0 Å². The van der Waals surface area contributed by atoms with Gasteiger partial charge in [0.15, 0.2) is 22.5 Å². The Morgan fingerprint density at radius 2 is 1.53 bits per heavy atom. The zero-order chi connectivity index (χ0) is 24.8. The van der Waals surface area contributed by atoms with E-state index in [9.17, 15) is 0 Å². The van der Waals surface area contributed by atoms with Crippen molar-refractivity contribution in [3.63, 3.8) is 0 Å². The second-order valence-corrected chi connectivity index (χ2v) is 9.32. The van der Waals surface area contributed by atoms with Crippen LogP contribution in [0.25, 0.3) is 17.1 Å². The summed E-state index contributed by atoms with van der Waals surface area (Å²) >= 11 is 1.66. The van der Waals surface area contributed by atoms with Crippen LogP contribution in [0, 0.1) is 0 Å². The molecular formula is C25H34N4O4S. The van der Waals surface area contributed by atoms with E-state index in [-0.39, 0.29) is 5.92 Å². The molecule has 3 rings (SSSR count). The molecule has 0 aliphatic heterocycles. The number of aromatic nitrogens is 3. The van der Waals surface area contributed by atoms with E-state index in [1.165, 1.54) is 0 Å². The van der Waals surface area contributed by atoms with Gasteiger partial charge in [-0.25, -0.2) is 0 Å². The van der Waals surface area contributed by atoms with Crippen LogP contribution in [-0.4, -0.2) is 74.5 Å². The lowest BCUT2D eigenvalue weighted by Gasteiger charge is -2.21. The van der Waals surface area contributed by atoms with Crippen LogP contribution in [0.4, 0.5) is 0 Å². The number of hydrogen-bond acceptors (Lipinski definition) is 8. The van der Waals surface area contributed by atoms with Crippen LogP contribution in [0.15, 0.2) is 35.5 Å². The fraction of sp³-hybridized carbons (Fsp3) is 0.440. The topological polar surface area (TPSA) is 70.9 Å². The van der Waals surface area contributed by atoms with E-state index in [2.05, 4.69) is 49.1 Å². The number of thioether (sulfide) groups is 1. The van der Waals surface area contributed by atoms with E-state index in [1.807, 2.05) is 28.8 Å². The van der Waals surface area contributed by atoms with Crippen molar-refractivity contribution in [1.82, 2.24) is 19.7 Å². The van der Waals surface area contributed by atoms with Gasteiger partial charge in [-0.2, -0.15) is 0 Å². The molecule has 0 saturated carbocycles. The molecule has 34 heavy (non-hydrogen) atoms. The number of rotatable bonds is 11. The molecule has 0 unspecified atom stereocenters. The maximum atomic E-state index is 5.83. The van der Waals surface area contributed by atoms with Crippen LogP contribution in [0.2, 0.25) is 0 Å². The number of methoxy groups -OCH3 is 4. The maximum absolute atomic E-state index is 5.83. The van der Waals surface area contributed by atoms with Crippen molar-refractivity contribution in [3.8, 4) is 40.1 Å². The van der Waals surface area contributed by atoms with Crippen LogP contribution in [0.5, 0.6) is 23.0 Å². The zero-order valence-electron chi connectivity index (χ0n) is 21.2. The molecule has 0 saturated heterocycles. The summed E-state index contributed by atoms with van der Waals surface area (Å²) in [6.45, 7) is 5.15. The normalized spacial score (nSPS) is 11.2. The number of benzene rings is 2. The van der Waals surface area contributed by atoms with Crippen molar-refractivity contribution in [1.29, 1.82) is 0 Å². The Bertz CT molecular complexity index is 1100. The largest absolute Gasteiger partial charge is 0.497 e. The lowest BCUT2D eigenvalue weighted by atomic mass is 9.97. The van der Waals surface area contributed by atoms with Gasteiger partial charge in [0, 0.05) is 17.9 Å². The molecule has 1 heterocycles. The molecule has 0 fully saturated rings.